The predicted octanol–water partition coefficient (Wildman–Crippen LogP) is 1.40. The van der Waals surface area contributed by atoms with E-state index in [4.69, 9.17) is 4.74 Å². The van der Waals surface area contributed by atoms with Crippen LogP contribution < -0.4 is 5.32 Å². The third-order valence-electron chi connectivity index (χ3n) is 2.12. The molecule has 0 unspecified atom stereocenters. The molecule has 19 heavy (non-hydrogen) atoms. The molecule has 0 spiro atoms. The molecule has 1 fully saturated rings. The molecule has 1 saturated heterocycles. The number of hydrogen-bond acceptors (Lipinski definition) is 5. The highest BCUT2D eigenvalue weighted by Crippen LogP contribution is 2.09. The Morgan fingerprint density at radius 3 is 2.05 bits per heavy atom. The van der Waals surface area contributed by atoms with E-state index in [1.54, 1.807) is 11.8 Å². The molecule has 6 heteroatoms. The van der Waals surface area contributed by atoms with Crippen LogP contribution in [0.3, 0.4) is 0 Å². The molecule has 0 saturated carbocycles. The van der Waals surface area contributed by atoms with E-state index >= 15 is 0 Å². The van der Waals surface area contributed by atoms with E-state index in [9.17, 15) is 9.59 Å². The second-order valence-electron chi connectivity index (χ2n) is 5.14. The van der Waals surface area contributed by atoms with Gasteiger partial charge in [-0.25, -0.2) is 4.79 Å². The van der Waals surface area contributed by atoms with Gasteiger partial charge in [-0.15, -0.1) is 0 Å². The highest BCUT2D eigenvalue weighted by molar-refractivity contribution is 5.68. The molecular weight excluding hydrogens is 248 g/mol. The van der Waals surface area contributed by atoms with Crippen molar-refractivity contribution < 1.29 is 19.1 Å². The molecule has 0 radical (unpaired) electrons. The van der Waals surface area contributed by atoms with Crippen LogP contribution in [-0.4, -0.2) is 55.3 Å². The Morgan fingerprint density at radius 1 is 1.21 bits per heavy atom. The van der Waals surface area contributed by atoms with E-state index in [1.165, 1.54) is 6.92 Å². The van der Waals surface area contributed by atoms with Gasteiger partial charge in [0.2, 0.25) is 0 Å². The Kier molecular flexibility index (Phi) is 8.14. The van der Waals surface area contributed by atoms with Gasteiger partial charge in [0, 0.05) is 33.1 Å². The summed E-state index contributed by atoms with van der Waals surface area (Å²) in [5, 5.41) is 3.18. The summed E-state index contributed by atoms with van der Waals surface area (Å²) in [4.78, 5) is 23.0. The summed E-state index contributed by atoms with van der Waals surface area (Å²) in [6.45, 7) is 12.5. The number of amides is 1. The summed E-state index contributed by atoms with van der Waals surface area (Å²) < 4.78 is 9.64. The molecule has 1 rings (SSSR count). The molecule has 0 aromatic carbocycles. The number of nitrogens with zero attached hydrogens (tertiary/aromatic N) is 1. The van der Waals surface area contributed by atoms with Crippen LogP contribution in [0.25, 0.3) is 0 Å². The van der Waals surface area contributed by atoms with Crippen LogP contribution in [0.5, 0.6) is 0 Å². The molecule has 1 aliphatic heterocycles. The minimum atomic E-state index is -0.387. The Hall–Kier alpha value is -1.30. The lowest BCUT2D eigenvalue weighted by molar-refractivity contribution is -0.140. The second-order valence-corrected chi connectivity index (χ2v) is 5.14. The molecule has 0 aliphatic carbocycles. The fourth-order valence-electron chi connectivity index (χ4n) is 1.38. The Balaban J connectivity index is 0.000000459. The molecule has 112 valence electrons. The van der Waals surface area contributed by atoms with E-state index < -0.39 is 0 Å². The van der Waals surface area contributed by atoms with Crippen molar-refractivity contribution in [3.8, 4) is 0 Å². The zero-order valence-electron chi connectivity index (χ0n) is 12.6. The summed E-state index contributed by atoms with van der Waals surface area (Å²) in [6, 6.07) is 0. The van der Waals surface area contributed by atoms with Crippen LogP contribution in [0.1, 0.15) is 34.6 Å². The maximum atomic E-state index is 11.5. The van der Waals surface area contributed by atoms with Crippen LogP contribution in [0.2, 0.25) is 0 Å². The van der Waals surface area contributed by atoms with Crippen molar-refractivity contribution in [3.05, 3.63) is 0 Å². The fourth-order valence-corrected chi connectivity index (χ4v) is 1.38. The number of ether oxygens (including phenoxy) is 2. The van der Waals surface area contributed by atoms with Gasteiger partial charge in [-0.3, -0.25) is 4.79 Å². The quantitative estimate of drug-likeness (QED) is 0.732. The molecule has 1 aliphatic rings. The monoisotopic (exact) mass is 274 g/mol. The zero-order valence-corrected chi connectivity index (χ0v) is 12.6. The van der Waals surface area contributed by atoms with Gasteiger partial charge in [-0.2, -0.15) is 0 Å². The topological polar surface area (TPSA) is 67.9 Å². The lowest BCUT2D eigenvalue weighted by Crippen LogP contribution is -2.48. The first-order valence-corrected chi connectivity index (χ1v) is 6.58. The molecule has 0 bridgehead atoms. The van der Waals surface area contributed by atoms with E-state index in [0.717, 1.165) is 26.2 Å². The SMILES string of the molecule is CC(C)(C)OC(=O)N1CCNCC1.CCOC(C)=O. The van der Waals surface area contributed by atoms with Gasteiger partial charge < -0.3 is 19.7 Å². The molecule has 0 aromatic rings. The second kappa shape index (κ2) is 8.74. The summed E-state index contributed by atoms with van der Waals surface area (Å²) in [7, 11) is 0. The first kappa shape index (κ1) is 17.7. The van der Waals surface area contributed by atoms with Crippen molar-refractivity contribution in [2.45, 2.75) is 40.2 Å². The van der Waals surface area contributed by atoms with Crippen molar-refractivity contribution in [2.24, 2.45) is 0 Å². The minimum Gasteiger partial charge on any atom is -0.466 e. The van der Waals surface area contributed by atoms with E-state index in [1.807, 2.05) is 20.8 Å². The number of rotatable bonds is 1. The molecule has 0 atom stereocenters. The number of nitrogens with one attached hydrogen (secondary N) is 1. The van der Waals surface area contributed by atoms with Crippen LogP contribution in [0.4, 0.5) is 4.79 Å². The largest absolute Gasteiger partial charge is 0.466 e. The Morgan fingerprint density at radius 2 is 1.74 bits per heavy atom. The van der Waals surface area contributed by atoms with Gasteiger partial charge in [0.25, 0.3) is 0 Å². The highest BCUT2D eigenvalue weighted by Gasteiger charge is 2.22. The number of esters is 1. The van der Waals surface area contributed by atoms with Crippen molar-refractivity contribution in [3.63, 3.8) is 0 Å². The lowest BCUT2D eigenvalue weighted by Gasteiger charge is -2.30. The zero-order chi connectivity index (χ0) is 14.9. The summed E-state index contributed by atoms with van der Waals surface area (Å²) >= 11 is 0. The van der Waals surface area contributed by atoms with Crippen molar-refractivity contribution in [2.75, 3.05) is 32.8 Å². The minimum absolute atomic E-state index is 0.200. The molecular formula is C13H26N2O4. The molecule has 1 heterocycles. The lowest BCUT2D eigenvalue weighted by atomic mass is 10.2. The van der Waals surface area contributed by atoms with E-state index in [-0.39, 0.29) is 17.7 Å². The Labute approximate surface area is 115 Å². The average molecular weight is 274 g/mol. The third kappa shape index (κ3) is 10.3. The molecule has 1 N–H and O–H groups in total. The highest BCUT2D eigenvalue weighted by atomic mass is 16.6. The van der Waals surface area contributed by atoms with E-state index in [2.05, 4.69) is 10.1 Å². The predicted molar refractivity (Wildman–Crippen MR) is 73.0 cm³/mol. The number of hydrogen-bond donors (Lipinski definition) is 1. The first-order valence-electron chi connectivity index (χ1n) is 6.58. The van der Waals surface area contributed by atoms with Crippen LogP contribution in [0.15, 0.2) is 0 Å². The smallest absolute Gasteiger partial charge is 0.410 e. The molecule has 1 amide bonds. The number of carbonyl (C=O) groups is 2. The van der Waals surface area contributed by atoms with E-state index in [0.29, 0.717) is 6.61 Å². The van der Waals surface area contributed by atoms with Crippen molar-refractivity contribution in [1.29, 1.82) is 0 Å². The van der Waals surface area contributed by atoms with Gasteiger partial charge in [0.05, 0.1) is 6.61 Å². The fraction of sp³-hybridized carbons (Fsp3) is 0.846. The van der Waals surface area contributed by atoms with Gasteiger partial charge in [-0.05, 0) is 27.7 Å². The van der Waals surface area contributed by atoms with Gasteiger partial charge in [0.15, 0.2) is 0 Å². The van der Waals surface area contributed by atoms with Gasteiger partial charge in [0.1, 0.15) is 5.60 Å². The van der Waals surface area contributed by atoms with Gasteiger partial charge in [-0.1, -0.05) is 0 Å². The maximum absolute atomic E-state index is 11.5. The summed E-state index contributed by atoms with van der Waals surface area (Å²) in [5.74, 6) is -0.211. The normalized spacial score (nSPS) is 15.1. The summed E-state index contributed by atoms with van der Waals surface area (Å²) in [6.07, 6.45) is -0.200. The van der Waals surface area contributed by atoms with Crippen LogP contribution in [0, 0.1) is 0 Å². The number of carbonyl (C=O) groups excluding carboxylic acids is 2. The summed E-state index contributed by atoms with van der Waals surface area (Å²) in [5.41, 5.74) is -0.387. The standard InChI is InChI=1S/C9H18N2O2.C4H8O2/c1-9(2,3)13-8(12)11-6-4-10-5-7-11;1-3-6-4(2)5/h10H,4-7H2,1-3H3;3H2,1-2H3. The Bertz CT molecular complexity index is 281. The first-order chi connectivity index (χ1) is 8.76. The average Bonchev–Trinajstić information content (AvgIpc) is 2.28. The maximum Gasteiger partial charge on any atom is 0.410 e. The molecule has 0 aromatic heterocycles. The van der Waals surface area contributed by atoms with Crippen LogP contribution >= 0.6 is 0 Å². The van der Waals surface area contributed by atoms with Crippen molar-refractivity contribution >= 4 is 12.1 Å². The number of piperazine rings is 1. The van der Waals surface area contributed by atoms with Gasteiger partial charge >= 0.3 is 12.1 Å². The molecule has 6 nitrogen and oxygen atoms in total. The third-order valence-corrected chi connectivity index (χ3v) is 2.12. The van der Waals surface area contributed by atoms with Crippen LogP contribution in [-0.2, 0) is 14.3 Å². The van der Waals surface area contributed by atoms with Crippen molar-refractivity contribution in [1.82, 2.24) is 10.2 Å².